The van der Waals surface area contributed by atoms with Crippen LogP contribution >= 0.6 is 7.60 Å². The van der Waals surface area contributed by atoms with E-state index in [-0.39, 0.29) is 6.42 Å². The summed E-state index contributed by atoms with van der Waals surface area (Å²) >= 11 is 0. The van der Waals surface area contributed by atoms with Crippen molar-refractivity contribution in [3.8, 4) is 0 Å². The molecule has 0 amide bonds. The molecular formula is C14H22FN2O8P. The number of nitrogens with zero attached hydrogens (tertiary/aromatic N) is 1. The van der Waals surface area contributed by atoms with Crippen molar-refractivity contribution >= 4 is 13.6 Å². The third kappa shape index (κ3) is 5.10. The number of halogens is 1. The second-order valence-electron chi connectivity index (χ2n) is 5.46. The smallest absolute Gasteiger partial charge is 0.370 e. The maximum Gasteiger partial charge on any atom is 0.370 e. The van der Waals surface area contributed by atoms with Gasteiger partial charge in [-0.1, -0.05) is 0 Å². The Labute approximate surface area is 148 Å². The quantitative estimate of drug-likeness (QED) is 0.484. The summed E-state index contributed by atoms with van der Waals surface area (Å²) in [4.78, 5) is 36.6. The average Bonchev–Trinajstić information content (AvgIpc) is 2.61. The number of carbonyl (C=O) groups excluding carboxylic acids is 1. The van der Waals surface area contributed by atoms with Crippen molar-refractivity contribution in [1.29, 1.82) is 0 Å². The van der Waals surface area contributed by atoms with Gasteiger partial charge in [-0.05, 0) is 20.3 Å². The normalized spacial score (nSPS) is 15.3. The Balaban J connectivity index is 2.98. The molecule has 3 atom stereocenters. The van der Waals surface area contributed by atoms with Crippen LogP contribution in [0.15, 0.2) is 15.8 Å². The van der Waals surface area contributed by atoms with Crippen LogP contribution in [0, 0.1) is 5.82 Å². The summed E-state index contributed by atoms with van der Waals surface area (Å²) in [5.41, 5.74) is -1.91. The van der Waals surface area contributed by atoms with Crippen LogP contribution in [0.25, 0.3) is 0 Å². The molecule has 1 heterocycles. The Morgan fingerprint density at radius 2 is 1.85 bits per heavy atom. The maximum absolute atomic E-state index is 13.4. The largest absolute Gasteiger partial charge is 0.467 e. The van der Waals surface area contributed by atoms with Gasteiger partial charge in [0.2, 0.25) is 5.82 Å². The zero-order valence-electron chi connectivity index (χ0n) is 15.1. The molecule has 0 aliphatic carbocycles. The summed E-state index contributed by atoms with van der Waals surface area (Å²) in [5, 5.41) is 0. The topological polar surface area (TPSA) is 126 Å². The predicted octanol–water partition coefficient (Wildman–Crippen LogP) is 1.02. The van der Waals surface area contributed by atoms with Crippen LogP contribution in [-0.4, -0.2) is 48.8 Å². The first-order valence-electron chi connectivity index (χ1n) is 7.55. The van der Waals surface area contributed by atoms with Crippen molar-refractivity contribution < 1.29 is 32.3 Å². The summed E-state index contributed by atoms with van der Waals surface area (Å²) in [6.07, 6.45) is 0.173. The first-order valence-corrected chi connectivity index (χ1v) is 9.16. The number of nitrogens with one attached hydrogen (secondary N) is 1. The second-order valence-corrected chi connectivity index (χ2v) is 7.73. The summed E-state index contributed by atoms with van der Waals surface area (Å²) in [5.74, 6) is -3.70. The van der Waals surface area contributed by atoms with Crippen LogP contribution in [0.1, 0.15) is 26.3 Å². The molecular weight excluding hydrogens is 374 g/mol. The van der Waals surface area contributed by atoms with Crippen molar-refractivity contribution in [2.45, 2.75) is 38.3 Å². The number of esters is 1. The highest BCUT2D eigenvalue weighted by Crippen LogP contribution is 2.52. The molecule has 0 fully saturated rings. The first kappa shape index (κ1) is 22.2. The molecule has 0 spiro atoms. The maximum atomic E-state index is 13.4. The molecule has 3 unspecified atom stereocenters. The van der Waals surface area contributed by atoms with Crippen molar-refractivity contribution in [2.75, 3.05) is 21.3 Å². The molecule has 10 nitrogen and oxygen atoms in total. The van der Waals surface area contributed by atoms with Gasteiger partial charge in [0.05, 0.1) is 19.4 Å². The van der Waals surface area contributed by atoms with Crippen LogP contribution in [0.5, 0.6) is 0 Å². The van der Waals surface area contributed by atoms with Gasteiger partial charge in [0.1, 0.15) is 0 Å². The lowest BCUT2D eigenvalue weighted by molar-refractivity contribution is -0.152. The van der Waals surface area contributed by atoms with Crippen LogP contribution < -0.4 is 11.2 Å². The molecule has 0 saturated carbocycles. The molecule has 1 rings (SSSR count). The van der Waals surface area contributed by atoms with Crippen LogP contribution in [0.3, 0.4) is 0 Å². The molecule has 0 aromatic carbocycles. The van der Waals surface area contributed by atoms with E-state index in [2.05, 4.69) is 4.74 Å². The number of hydrogen-bond donors (Lipinski definition) is 1. The molecule has 12 heteroatoms. The molecule has 0 aliphatic heterocycles. The number of methoxy groups -OCH3 is 1. The van der Waals surface area contributed by atoms with E-state index >= 15 is 0 Å². The average molecular weight is 396 g/mol. The predicted molar refractivity (Wildman–Crippen MR) is 88.6 cm³/mol. The number of hydrogen-bond acceptors (Lipinski definition) is 8. The summed E-state index contributed by atoms with van der Waals surface area (Å²) < 4.78 is 46.4. The zero-order valence-corrected chi connectivity index (χ0v) is 15.9. The molecule has 26 heavy (non-hydrogen) atoms. The van der Waals surface area contributed by atoms with Crippen molar-refractivity contribution in [3.63, 3.8) is 0 Å². The van der Waals surface area contributed by atoms with Gasteiger partial charge in [-0.3, -0.25) is 18.9 Å². The molecule has 1 aromatic rings. The van der Waals surface area contributed by atoms with Gasteiger partial charge in [-0.2, -0.15) is 4.39 Å². The Morgan fingerprint density at radius 3 is 2.35 bits per heavy atom. The van der Waals surface area contributed by atoms with Crippen LogP contribution in [0.4, 0.5) is 4.39 Å². The fourth-order valence-electron chi connectivity index (χ4n) is 2.28. The monoisotopic (exact) mass is 396 g/mol. The molecule has 0 aliphatic rings. The van der Waals surface area contributed by atoms with Gasteiger partial charge in [-0.15, -0.1) is 0 Å². The molecule has 0 radical (unpaired) electrons. The minimum absolute atomic E-state index is 0.117. The van der Waals surface area contributed by atoms with Crippen molar-refractivity contribution in [3.05, 3.63) is 32.9 Å². The Morgan fingerprint density at radius 1 is 1.27 bits per heavy atom. The fraction of sp³-hybridized carbons (Fsp3) is 0.643. The zero-order chi connectivity index (χ0) is 20.1. The minimum Gasteiger partial charge on any atom is -0.467 e. The lowest BCUT2D eigenvalue weighted by Gasteiger charge is -2.27. The third-order valence-electron chi connectivity index (χ3n) is 3.63. The first-order chi connectivity index (χ1) is 12.1. The number of ether oxygens (including phenoxy) is 2. The molecule has 148 valence electrons. The standard InChI is InChI=1S/C14H22FN2O8P/c1-8(17-7-10(15)11(18)16-14(17)20)6-9(2)25-13(12(19)22-3)26(21,23-4)24-5/h7-9,13H,6H2,1-5H3,(H,16,18,20). The minimum atomic E-state index is -3.93. The number of carbonyl (C=O) groups is 1. The second kappa shape index (κ2) is 9.22. The Hall–Kier alpha value is -1.81. The summed E-state index contributed by atoms with van der Waals surface area (Å²) in [6.45, 7) is 3.13. The van der Waals surface area contributed by atoms with Gasteiger partial charge < -0.3 is 18.5 Å². The lowest BCUT2D eigenvalue weighted by atomic mass is 10.1. The van der Waals surface area contributed by atoms with E-state index in [9.17, 15) is 23.3 Å². The summed E-state index contributed by atoms with van der Waals surface area (Å²) in [7, 11) is -0.649. The number of H-pyrrole nitrogens is 1. The fourth-order valence-corrected chi connectivity index (χ4v) is 3.54. The van der Waals surface area contributed by atoms with E-state index in [4.69, 9.17) is 13.8 Å². The Bertz CT molecular complexity index is 784. The van der Waals surface area contributed by atoms with E-state index in [1.807, 2.05) is 4.98 Å². The lowest BCUT2D eigenvalue weighted by Crippen LogP contribution is -2.35. The van der Waals surface area contributed by atoms with Gasteiger partial charge in [0.25, 0.3) is 11.4 Å². The van der Waals surface area contributed by atoms with E-state index < -0.39 is 48.6 Å². The van der Waals surface area contributed by atoms with Gasteiger partial charge in [0, 0.05) is 20.3 Å². The van der Waals surface area contributed by atoms with Gasteiger partial charge >= 0.3 is 19.3 Å². The molecule has 0 saturated heterocycles. The van der Waals surface area contributed by atoms with Gasteiger partial charge in [0.15, 0.2) is 0 Å². The molecule has 1 aromatic heterocycles. The van der Waals surface area contributed by atoms with E-state index in [0.29, 0.717) is 0 Å². The highest BCUT2D eigenvalue weighted by Gasteiger charge is 2.43. The third-order valence-corrected chi connectivity index (χ3v) is 5.56. The number of aromatic nitrogens is 2. The van der Waals surface area contributed by atoms with E-state index in [0.717, 1.165) is 32.1 Å². The van der Waals surface area contributed by atoms with Gasteiger partial charge in [-0.25, -0.2) is 9.59 Å². The van der Waals surface area contributed by atoms with E-state index in [1.54, 1.807) is 13.8 Å². The van der Waals surface area contributed by atoms with Crippen LogP contribution in [0.2, 0.25) is 0 Å². The van der Waals surface area contributed by atoms with E-state index in [1.165, 1.54) is 0 Å². The van der Waals surface area contributed by atoms with Crippen molar-refractivity contribution in [2.24, 2.45) is 0 Å². The number of rotatable bonds is 9. The number of aromatic amines is 1. The highest BCUT2D eigenvalue weighted by molar-refractivity contribution is 7.55. The SMILES string of the molecule is COC(=O)C(OC(C)CC(C)n1cc(F)c(=O)[nH]c1=O)P(=O)(OC)OC. The summed E-state index contributed by atoms with van der Waals surface area (Å²) in [6, 6.07) is -0.605. The molecule has 0 bridgehead atoms. The van der Waals surface area contributed by atoms with Crippen LogP contribution in [-0.2, 0) is 27.9 Å². The molecule has 1 N–H and O–H groups in total. The van der Waals surface area contributed by atoms with Crippen molar-refractivity contribution in [1.82, 2.24) is 9.55 Å². The Kier molecular flexibility index (Phi) is 7.88. The highest BCUT2D eigenvalue weighted by atomic mass is 31.2.